The zero-order valence-electron chi connectivity index (χ0n) is 11.0. The van der Waals surface area contributed by atoms with Gasteiger partial charge in [-0.2, -0.15) is 0 Å². The molecule has 1 heteroatoms. The molecule has 3 aromatic carbocycles. The van der Waals surface area contributed by atoms with E-state index in [1.807, 2.05) is 0 Å². The van der Waals surface area contributed by atoms with E-state index in [1.165, 1.54) is 21.5 Å². The highest BCUT2D eigenvalue weighted by Gasteiger charge is 2.08. The average molecular weight is 260 g/mol. The zero-order chi connectivity index (χ0) is 13.1. The van der Waals surface area contributed by atoms with Crippen molar-refractivity contribution in [2.75, 3.05) is 0 Å². The summed E-state index contributed by atoms with van der Waals surface area (Å²) in [5.74, 6) is 0. The van der Waals surface area contributed by atoms with Crippen LogP contribution in [0.3, 0.4) is 0 Å². The predicted octanol–water partition coefficient (Wildman–Crippen LogP) is 3.93. The Labute approximate surface area is 116 Å². The number of hydrogen-bond donors (Lipinski definition) is 0. The Hall–Kier alpha value is -1.86. The first-order valence-corrected chi connectivity index (χ1v) is 7.71. The largest absolute Gasteiger partial charge is 0.0887 e. The van der Waals surface area contributed by atoms with Crippen molar-refractivity contribution in [2.24, 2.45) is 0 Å². The molecule has 1 unspecified atom stereocenters. The van der Waals surface area contributed by atoms with Crippen LogP contribution in [0.4, 0.5) is 0 Å². The van der Waals surface area contributed by atoms with Gasteiger partial charge in [0.1, 0.15) is 0 Å². The SMILES string of the molecule is CC([Si]c1ccccc1)c1ccc2ccccc2c1. The Kier molecular flexibility index (Phi) is 3.47. The van der Waals surface area contributed by atoms with E-state index < -0.39 is 0 Å². The normalized spacial score (nSPS) is 12.5. The molecular formula is C18H16Si. The van der Waals surface area contributed by atoms with Crippen molar-refractivity contribution >= 4 is 25.5 Å². The smallest absolute Gasteiger partial charge is 0.0636 e. The van der Waals surface area contributed by atoms with Gasteiger partial charge in [0.05, 0.1) is 9.52 Å². The summed E-state index contributed by atoms with van der Waals surface area (Å²) in [6.45, 7) is 2.32. The van der Waals surface area contributed by atoms with E-state index in [4.69, 9.17) is 0 Å². The maximum Gasteiger partial charge on any atom is 0.0887 e. The van der Waals surface area contributed by atoms with E-state index in [-0.39, 0.29) is 0 Å². The minimum Gasteiger partial charge on any atom is -0.0636 e. The molecule has 0 aliphatic rings. The van der Waals surface area contributed by atoms with Crippen molar-refractivity contribution in [2.45, 2.75) is 12.5 Å². The third-order valence-electron chi connectivity index (χ3n) is 3.43. The molecule has 0 heterocycles. The quantitative estimate of drug-likeness (QED) is 0.626. The molecular weight excluding hydrogens is 244 g/mol. The fourth-order valence-electron chi connectivity index (χ4n) is 2.34. The first-order chi connectivity index (χ1) is 9.33. The highest BCUT2D eigenvalue weighted by Crippen LogP contribution is 2.20. The van der Waals surface area contributed by atoms with Crippen molar-refractivity contribution in [3.63, 3.8) is 0 Å². The summed E-state index contributed by atoms with van der Waals surface area (Å²) in [5.41, 5.74) is 2.01. The fraction of sp³-hybridized carbons (Fsp3) is 0.111. The predicted molar refractivity (Wildman–Crippen MR) is 84.2 cm³/mol. The van der Waals surface area contributed by atoms with Gasteiger partial charge in [-0.25, -0.2) is 0 Å². The van der Waals surface area contributed by atoms with E-state index in [2.05, 4.69) is 79.7 Å². The highest BCUT2D eigenvalue weighted by atomic mass is 28.2. The standard InChI is InChI=1S/C18H16Si/c1-14(19-18-9-3-2-4-10-18)16-12-11-15-7-5-6-8-17(15)13-16/h2-14H,1H3. The van der Waals surface area contributed by atoms with Gasteiger partial charge < -0.3 is 0 Å². The van der Waals surface area contributed by atoms with Crippen LogP contribution in [-0.4, -0.2) is 9.52 Å². The van der Waals surface area contributed by atoms with Gasteiger partial charge in [-0.15, -0.1) is 0 Å². The van der Waals surface area contributed by atoms with Crippen molar-refractivity contribution in [3.8, 4) is 0 Å². The lowest BCUT2D eigenvalue weighted by molar-refractivity contribution is 1.08. The summed E-state index contributed by atoms with van der Waals surface area (Å²) in [4.78, 5) is 0. The second-order valence-electron chi connectivity index (χ2n) is 4.84. The number of benzene rings is 3. The maximum atomic E-state index is 2.33. The molecule has 0 nitrogen and oxygen atoms in total. The van der Waals surface area contributed by atoms with Gasteiger partial charge in [0, 0.05) is 0 Å². The minimum atomic E-state index is 0.576. The molecule has 19 heavy (non-hydrogen) atoms. The van der Waals surface area contributed by atoms with Crippen LogP contribution in [0.25, 0.3) is 10.8 Å². The van der Waals surface area contributed by atoms with Gasteiger partial charge in [0.2, 0.25) is 0 Å². The van der Waals surface area contributed by atoms with E-state index in [1.54, 1.807) is 0 Å². The Balaban J connectivity index is 1.87. The molecule has 0 aliphatic carbocycles. The highest BCUT2D eigenvalue weighted by molar-refractivity contribution is 6.54. The van der Waals surface area contributed by atoms with Crippen molar-refractivity contribution in [1.82, 2.24) is 0 Å². The zero-order valence-corrected chi connectivity index (χ0v) is 12.0. The summed E-state index contributed by atoms with van der Waals surface area (Å²) in [5, 5.41) is 4.09. The molecule has 1 atom stereocenters. The lowest BCUT2D eigenvalue weighted by Crippen LogP contribution is -2.19. The van der Waals surface area contributed by atoms with Crippen molar-refractivity contribution in [1.29, 1.82) is 0 Å². The molecule has 0 aromatic heterocycles. The van der Waals surface area contributed by atoms with Gasteiger partial charge in [-0.3, -0.25) is 0 Å². The molecule has 92 valence electrons. The Morgan fingerprint density at radius 3 is 2.21 bits per heavy atom. The first-order valence-electron chi connectivity index (χ1n) is 6.63. The molecule has 0 aliphatic heterocycles. The van der Waals surface area contributed by atoms with Crippen molar-refractivity contribution < 1.29 is 0 Å². The summed E-state index contributed by atoms with van der Waals surface area (Å²) in [6.07, 6.45) is 0. The lowest BCUT2D eigenvalue weighted by atomic mass is 10.1. The molecule has 2 radical (unpaired) electrons. The molecule has 3 rings (SSSR count). The van der Waals surface area contributed by atoms with Crippen molar-refractivity contribution in [3.05, 3.63) is 78.4 Å². The molecule has 0 spiro atoms. The molecule has 0 amide bonds. The Bertz CT molecular complexity index is 673. The van der Waals surface area contributed by atoms with Crippen LogP contribution in [0, 0.1) is 0 Å². The van der Waals surface area contributed by atoms with E-state index in [0.717, 1.165) is 9.52 Å². The van der Waals surface area contributed by atoms with E-state index in [9.17, 15) is 0 Å². The van der Waals surface area contributed by atoms with E-state index >= 15 is 0 Å². The maximum absolute atomic E-state index is 2.33. The third kappa shape index (κ3) is 2.77. The fourth-order valence-corrected chi connectivity index (χ4v) is 3.58. The first kappa shape index (κ1) is 12.2. The Morgan fingerprint density at radius 1 is 0.737 bits per heavy atom. The molecule has 0 N–H and O–H groups in total. The molecule has 0 saturated carbocycles. The van der Waals surface area contributed by atoms with Crippen LogP contribution in [0.15, 0.2) is 72.8 Å². The summed E-state index contributed by atoms with van der Waals surface area (Å²) >= 11 is 0. The third-order valence-corrected chi connectivity index (χ3v) is 4.86. The lowest BCUT2D eigenvalue weighted by Gasteiger charge is -2.12. The van der Waals surface area contributed by atoms with Crippen LogP contribution in [0.2, 0.25) is 0 Å². The summed E-state index contributed by atoms with van der Waals surface area (Å²) in [7, 11) is 0.827. The molecule has 0 bridgehead atoms. The molecule has 3 aromatic rings. The molecule has 0 fully saturated rings. The number of fused-ring (bicyclic) bond motifs is 1. The second-order valence-corrected chi connectivity index (χ2v) is 6.57. The van der Waals surface area contributed by atoms with Crippen LogP contribution < -0.4 is 5.19 Å². The van der Waals surface area contributed by atoms with Gasteiger partial charge in [0.25, 0.3) is 0 Å². The van der Waals surface area contributed by atoms with Crippen LogP contribution in [-0.2, 0) is 0 Å². The monoisotopic (exact) mass is 260 g/mol. The van der Waals surface area contributed by atoms with Gasteiger partial charge in [-0.05, 0) is 21.9 Å². The van der Waals surface area contributed by atoms with E-state index in [0.29, 0.717) is 5.54 Å². The second kappa shape index (κ2) is 5.41. The van der Waals surface area contributed by atoms with Crippen LogP contribution in [0.5, 0.6) is 0 Å². The topological polar surface area (TPSA) is 0 Å². The summed E-state index contributed by atoms with van der Waals surface area (Å²) in [6, 6.07) is 26.1. The number of hydrogen-bond acceptors (Lipinski definition) is 0. The van der Waals surface area contributed by atoms with Gasteiger partial charge >= 0.3 is 0 Å². The summed E-state index contributed by atoms with van der Waals surface area (Å²) < 4.78 is 0. The van der Waals surface area contributed by atoms with Gasteiger partial charge in [-0.1, -0.05) is 84.9 Å². The minimum absolute atomic E-state index is 0.576. The number of rotatable bonds is 3. The van der Waals surface area contributed by atoms with Crippen LogP contribution >= 0.6 is 0 Å². The average Bonchev–Trinajstić information content (AvgIpc) is 2.48. The molecule has 0 saturated heterocycles. The van der Waals surface area contributed by atoms with Crippen LogP contribution in [0.1, 0.15) is 18.0 Å². The van der Waals surface area contributed by atoms with Gasteiger partial charge in [0.15, 0.2) is 0 Å². The Morgan fingerprint density at radius 2 is 1.42 bits per heavy atom.